The van der Waals surface area contributed by atoms with Crippen molar-refractivity contribution in [1.82, 2.24) is 24.8 Å². The van der Waals surface area contributed by atoms with E-state index in [0.717, 1.165) is 73.5 Å². The molecule has 0 saturated heterocycles. The smallest absolute Gasteiger partial charge is 0.225 e. The largest absolute Gasteiger partial charge is 0.395 e. The van der Waals surface area contributed by atoms with Crippen LogP contribution in [0.2, 0.25) is 0 Å². The zero-order chi connectivity index (χ0) is 30.5. The molecular formula is C35H43N5O2. The maximum Gasteiger partial charge on any atom is 0.225 e. The summed E-state index contributed by atoms with van der Waals surface area (Å²) in [5.41, 5.74) is 14.5. The Kier molecular flexibility index (Phi) is 7.99. The van der Waals surface area contributed by atoms with Gasteiger partial charge in [0.2, 0.25) is 5.91 Å². The Hall–Kier alpha value is -3.97. The third-order valence-corrected chi connectivity index (χ3v) is 9.32. The van der Waals surface area contributed by atoms with Crippen molar-refractivity contribution in [3.8, 4) is 0 Å². The number of nitrogens with one attached hydrogen (secondary N) is 2. The summed E-state index contributed by atoms with van der Waals surface area (Å²) in [6.45, 7) is 19.1. The summed E-state index contributed by atoms with van der Waals surface area (Å²) in [6.07, 6.45) is 2.79. The second-order valence-electron chi connectivity index (χ2n) is 11.9. The molecule has 7 heteroatoms. The van der Waals surface area contributed by atoms with Gasteiger partial charge in [0.15, 0.2) is 0 Å². The molecule has 1 unspecified atom stereocenters. The molecule has 8 bridgehead atoms. The Morgan fingerprint density at radius 1 is 1.02 bits per heavy atom. The first-order valence-electron chi connectivity index (χ1n) is 14.9. The Morgan fingerprint density at radius 2 is 1.69 bits per heavy atom. The molecule has 3 aromatic heterocycles. The molecule has 0 radical (unpaired) electrons. The molecule has 2 aliphatic heterocycles. The van der Waals surface area contributed by atoms with Gasteiger partial charge in [-0.25, -0.2) is 4.98 Å². The van der Waals surface area contributed by atoms with E-state index >= 15 is 0 Å². The SMILES string of the molecule is C=Cc1c(C)c2cc3nc(c(C)c4cc(C)c(cc5nc(cc1[nH]2)C(C)=C5CC)[nH]4)[C@H](C(C)C(=O)N(C)CCO)[C@@H]3C. The van der Waals surface area contributed by atoms with Crippen molar-refractivity contribution in [2.24, 2.45) is 5.92 Å². The molecule has 42 heavy (non-hydrogen) atoms. The average Bonchev–Trinajstić information content (AvgIpc) is 3.66. The first kappa shape index (κ1) is 29.5. The predicted octanol–water partition coefficient (Wildman–Crippen LogP) is 7.20. The Morgan fingerprint density at radius 3 is 2.36 bits per heavy atom. The van der Waals surface area contributed by atoms with E-state index < -0.39 is 0 Å². The van der Waals surface area contributed by atoms with Crippen molar-refractivity contribution in [3.05, 3.63) is 75.9 Å². The molecule has 5 rings (SSSR count). The van der Waals surface area contributed by atoms with Gasteiger partial charge in [-0.15, -0.1) is 0 Å². The standard InChI is InChI=1S/C35H43N5O2/c1-10-24-20(5)29-17-32-25(11-2)19(4)28(37-32)16-30-21(6)33(23(8)35(42)40(9)12-13-41)34(39-30)22(7)27-14-18(3)26(36-27)15-31(24)38-29/h11,14-17,21,23,33,36-37,41H,2,10,12-13H2,1,3-9H3/t21-,23?,33+/m1/s1. The summed E-state index contributed by atoms with van der Waals surface area (Å²) < 4.78 is 0. The molecule has 3 atom stereocenters. The van der Waals surface area contributed by atoms with E-state index in [2.05, 4.69) is 82.4 Å². The molecule has 0 saturated carbocycles. The molecule has 7 nitrogen and oxygen atoms in total. The molecule has 1 amide bonds. The highest BCUT2D eigenvalue weighted by atomic mass is 16.3. The van der Waals surface area contributed by atoms with Gasteiger partial charge in [-0.2, -0.15) is 0 Å². The van der Waals surface area contributed by atoms with Crippen LogP contribution in [-0.2, 0) is 4.79 Å². The predicted molar refractivity (Wildman–Crippen MR) is 173 cm³/mol. The molecule has 5 heterocycles. The number of fused-ring (bicyclic) bond motifs is 8. The summed E-state index contributed by atoms with van der Waals surface area (Å²) >= 11 is 0. The van der Waals surface area contributed by atoms with Gasteiger partial charge in [0.05, 0.1) is 23.7 Å². The normalized spacial score (nSPS) is 17.5. The van der Waals surface area contributed by atoms with Crippen molar-refractivity contribution in [1.29, 1.82) is 0 Å². The first-order chi connectivity index (χ1) is 20.0. The number of aryl methyl sites for hydroxylation is 3. The molecule has 3 aromatic rings. The Bertz CT molecular complexity index is 1770. The van der Waals surface area contributed by atoms with Gasteiger partial charge in [-0.3, -0.25) is 9.78 Å². The van der Waals surface area contributed by atoms with Crippen LogP contribution in [-0.4, -0.2) is 56.0 Å². The van der Waals surface area contributed by atoms with Crippen molar-refractivity contribution in [2.75, 3.05) is 20.2 Å². The number of aliphatic hydroxyl groups is 1. The number of likely N-dealkylation sites (N-methyl/N-ethyl adjacent to an activating group) is 1. The van der Waals surface area contributed by atoms with Crippen LogP contribution >= 0.6 is 0 Å². The zero-order valence-electron chi connectivity index (χ0n) is 26.1. The summed E-state index contributed by atoms with van der Waals surface area (Å²) in [5, 5.41) is 9.47. The van der Waals surface area contributed by atoms with Gasteiger partial charge in [-0.05, 0) is 86.2 Å². The lowest BCUT2D eigenvalue weighted by Gasteiger charge is -2.27. The van der Waals surface area contributed by atoms with Crippen LogP contribution in [0.4, 0.5) is 0 Å². The minimum absolute atomic E-state index is 0.00439. The fraction of sp³-hybridized carbons (Fsp3) is 0.400. The molecular weight excluding hydrogens is 522 g/mol. The summed E-state index contributed by atoms with van der Waals surface area (Å²) in [6, 6.07) is 8.58. The number of nitrogens with zero attached hydrogens (tertiary/aromatic N) is 3. The number of amides is 1. The lowest BCUT2D eigenvalue weighted by Crippen LogP contribution is -2.36. The number of carbonyl (C=O) groups excluding carboxylic acids is 1. The number of hydrogen-bond donors (Lipinski definition) is 3. The fourth-order valence-corrected chi connectivity index (χ4v) is 6.66. The summed E-state index contributed by atoms with van der Waals surface area (Å²) in [5.74, 6) is -0.429. The van der Waals surface area contributed by atoms with Crippen LogP contribution < -0.4 is 0 Å². The number of aliphatic hydroxyl groups excluding tert-OH is 1. The Labute approximate surface area is 248 Å². The molecule has 0 spiro atoms. The topological polar surface area (TPSA) is 97.9 Å². The molecule has 3 N–H and O–H groups in total. The van der Waals surface area contributed by atoms with E-state index in [9.17, 15) is 9.90 Å². The maximum absolute atomic E-state index is 13.5. The molecule has 0 aromatic carbocycles. The van der Waals surface area contributed by atoms with Gasteiger partial charge in [-0.1, -0.05) is 33.4 Å². The lowest BCUT2D eigenvalue weighted by molar-refractivity contribution is -0.135. The fourth-order valence-electron chi connectivity index (χ4n) is 6.66. The highest BCUT2D eigenvalue weighted by Gasteiger charge is 2.38. The maximum atomic E-state index is 13.5. The van der Waals surface area contributed by atoms with E-state index in [1.807, 2.05) is 13.0 Å². The molecule has 220 valence electrons. The molecule has 0 aliphatic carbocycles. The van der Waals surface area contributed by atoms with Gasteiger partial charge in [0, 0.05) is 64.7 Å². The van der Waals surface area contributed by atoms with Crippen LogP contribution in [0.3, 0.4) is 0 Å². The number of hydrogen-bond acceptors (Lipinski definition) is 4. The van der Waals surface area contributed by atoms with Gasteiger partial charge >= 0.3 is 0 Å². The monoisotopic (exact) mass is 565 g/mol. The number of aromatic nitrogens is 4. The van der Waals surface area contributed by atoms with E-state index in [1.54, 1.807) is 11.9 Å². The van der Waals surface area contributed by atoms with E-state index in [-0.39, 0.29) is 30.3 Å². The second-order valence-corrected chi connectivity index (χ2v) is 11.9. The van der Waals surface area contributed by atoms with Crippen molar-refractivity contribution in [2.45, 2.75) is 66.7 Å². The summed E-state index contributed by atoms with van der Waals surface area (Å²) in [7, 11) is 1.75. The Balaban J connectivity index is 1.88. The second kappa shape index (κ2) is 11.4. The van der Waals surface area contributed by atoms with Gasteiger partial charge in [0.25, 0.3) is 0 Å². The quantitative estimate of drug-likeness (QED) is 0.294. The first-order valence-corrected chi connectivity index (χ1v) is 14.9. The number of carbonyl (C=O) groups is 1. The zero-order valence-corrected chi connectivity index (χ0v) is 26.1. The minimum Gasteiger partial charge on any atom is -0.395 e. The average molecular weight is 566 g/mol. The van der Waals surface area contributed by atoms with Crippen LogP contribution in [0.15, 0.2) is 30.8 Å². The lowest BCUT2D eigenvalue weighted by atomic mass is 9.79. The number of allylic oxidation sites excluding steroid dienone is 2. The van der Waals surface area contributed by atoms with Gasteiger partial charge in [0.1, 0.15) is 0 Å². The summed E-state index contributed by atoms with van der Waals surface area (Å²) in [4.78, 5) is 32.7. The van der Waals surface area contributed by atoms with Crippen LogP contribution in [0.5, 0.6) is 0 Å². The highest BCUT2D eigenvalue weighted by Crippen LogP contribution is 2.44. The third-order valence-electron chi connectivity index (χ3n) is 9.32. The highest BCUT2D eigenvalue weighted by molar-refractivity contribution is 5.93. The van der Waals surface area contributed by atoms with Gasteiger partial charge < -0.3 is 20.0 Å². The number of rotatable bonds is 6. The molecule has 0 fully saturated rings. The van der Waals surface area contributed by atoms with Crippen molar-refractivity contribution < 1.29 is 9.90 Å². The number of aromatic amines is 2. The van der Waals surface area contributed by atoms with E-state index in [4.69, 9.17) is 9.97 Å². The van der Waals surface area contributed by atoms with Crippen molar-refractivity contribution >= 4 is 45.2 Å². The van der Waals surface area contributed by atoms with Crippen molar-refractivity contribution in [3.63, 3.8) is 0 Å². The molecule has 2 aliphatic rings. The van der Waals surface area contributed by atoms with E-state index in [0.29, 0.717) is 6.54 Å². The minimum atomic E-state index is -0.320. The van der Waals surface area contributed by atoms with Crippen LogP contribution in [0.1, 0.15) is 91.0 Å². The third kappa shape index (κ3) is 4.90. The van der Waals surface area contributed by atoms with Crippen LogP contribution in [0.25, 0.3) is 39.3 Å². The van der Waals surface area contributed by atoms with E-state index in [1.165, 1.54) is 11.1 Å². The van der Waals surface area contributed by atoms with Crippen LogP contribution in [0, 0.1) is 26.7 Å². The number of H-pyrrole nitrogens is 2.